The fraction of sp³-hybridized carbons (Fsp3) is 0.367. The monoisotopic (exact) mass is 502 g/mol. The van der Waals surface area contributed by atoms with Crippen molar-refractivity contribution in [1.29, 1.82) is 0 Å². The van der Waals surface area contributed by atoms with Gasteiger partial charge in [0.1, 0.15) is 24.7 Å². The molecule has 0 saturated carbocycles. The van der Waals surface area contributed by atoms with Gasteiger partial charge in [0.2, 0.25) is 5.91 Å². The van der Waals surface area contributed by atoms with Gasteiger partial charge in [-0.2, -0.15) is 0 Å². The maximum atomic E-state index is 13.3. The Morgan fingerprint density at radius 1 is 0.757 bits per heavy atom. The lowest BCUT2D eigenvalue weighted by atomic mass is 9.71. The summed E-state index contributed by atoms with van der Waals surface area (Å²) in [5.74, 6) is 2.91. The molecule has 3 aromatic carbocycles. The van der Waals surface area contributed by atoms with E-state index in [-0.39, 0.29) is 11.3 Å². The minimum atomic E-state index is -0.262. The second kappa shape index (κ2) is 11.1. The summed E-state index contributed by atoms with van der Waals surface area (Å²) in [5, 5.41) is 3.17. The zero-order valence-electron chi connectivity index (χ0n) is 21.5. The van der Waals surface area contributed by atoms with E-state index in [2.05, 4.69) is 10.2 Å². The highest BCUT2D eigenvalue weighted by Gasteiger charge is 2.45. The maximum Gasteiger partial charge on any atom is 0.230 e. The van der Waals surface area contributed by atoms with Gasteiger partial charge in [-0.3, -0.25) is 4.79 Å². The van der Waals surface area contributed by atoms with Crippen LogP contribution in [0.4, 0.5) is 5.69 Å². The van der Waals surface area contributed by atoms with E-state index in [1.807, 2.05) is 66.7 Å². The lowest BCUT2D eigenvalue weighted by molar-refractivity contribution is -0.132. The third kappa shape index (κ3) is 5.83. The van der Waals surface area contributed by atoms with Crippen LogP contribution in [0.15, 0.2) is 66.7 Å². The molecule has 1 N–H and O–H groups in total. The summed E-state index contributed by atoms with van der Waals surface area (Å²) in [6.45, 7) is 3.75. The summed E-state index contributed by atoms with van der Waals surface area (Å²) in [6, 6.07) is 21.1. The normalized spacial score (nSPS) is 20.2. The van der Waals surface area contributed by atoms with E-state index in [1.54, 1.807) is 14.2 Å². The van der Waals surface area contributed by atoms with Crippen LogP contribution in [0.25, 0.3) is 0 Å². The molecule has 3 aliphatic heterocycles. The third-order valence-electron chi connectivity index (χ3n) is 7.51. The molecular weight excluding hydrogens is 468 g/mol. The van der Waals surface area contributed by atoms with Crippen molar-refractivity contribution in [2.45, 2.75) is 32.5 Å². The number of hydrogen-bond donors (Lipinski definition) is 1. The van der Waals surface area contributed by atoms with Crippen LogP contribution in [-0.4, -0.2) is 44.7 Å². The van der Waals surface area contributed by atoms with Gasteiger partial charge in [0.05, 0.1) is 19.6 Å². The second-order valence-electron chi connectivity index (χ2n) is 9.76. The lowest BCUT2D eigenvalue weighted by Crippen LogP contribution is -2.53. The van der Waals surface area contributed by atoms with Crippen molar-refractivity contribution in [2.24, 2.45) is 5.41 Å². The molecule has 1 amide bonds. The van der Waals surface area contributed by atoms with Crippen LogP contribution in [0.5, 0.6) is 23.0 Å². The van der Waals surface area contributed by atoms with Crippen LogP contribution >= 0.6 is 0 Å². The first kappa shape index (κ1) is 25.0. The molecule has 0 unspecified atom stereocenters. The number of nitrogens with zero attached hydrogens (tertiary/aromatic N) is 1. The van der Waals surface area contributed by atoms with Crippen molar-refractivity contribution in [1.82, 2.24) is 4.90 Å². The summed E-state index contributed by atoms with van der Waals surface area (Å²) in [7, 11) is 3.29. The Balaban J connectivity index is 1.32. The van der Waals surface area contributed by atoms with Gasteiger partial charge in [-0.05, 0) is 86.4 Å². The van der Waals surface area contributed by atoms with Gasteiger partial charge in [0, 0.05) is 11.8 Å². The fourth-order valence-corrected chi connectivity index (χ4v) is 5.01. The fourth-order valence-electron chi connectivity index (χ4n) is 5.01. The Morgan fingerprint density at radius 3 is 1.78 bits per heavy atom. The average molecular weight is 503 g/mol. The predicted molar refractivity (Wildman–Crippen MR) is 142 cm³/mol. The Hall–Kier alpha value is -3.71. The highest BCUT2D eigenvalue weighted by Crippen LogP contribution is 2.41. The van der Waals surface area contributed by atoms with Gasteiger partial charge >= 0.3 is 0 Å². The van der Waals surface area contributed by atoms with Crippen molar-refractivity contribution in [3.8, 4) is 23.0 Å². The van der Waals surface area contributed by atoms with Crippen molar-refractivity contribution < 1.29 is 23.7 Å². The standard InChI is InChI=1S/C30H34N2O5/c1-34-25-8-3-22(4-9-25)20-36-27-12-7-24(31-29(33)30-13-16-32(17-14-30)18-15-30)19-28(27)37-21-23-5-10-26(35-2)11-6-23/h3-12,19H,13-18,20-21H2,1-2H3,(H,31,33). The highest BCUT2D eigenvalue weighted by molar-refractivity contribution is 5.95. The first-order valence-electron chi connectivity index (χ1n) is 12.8. The van der Waals surface area contributed by atoms with E-state index in [4.69, 9.17) is 18.9 Å². The van der Waals surface area contributed by atoms with Crippen LogP contribution in [-0.2, 0) is 18.0 Å². The number of ether oxygens (including phenoxy) is 4. The van der Waals surface area contributed by atoms with Gasteiger partial charge in [0.15, 0.2) is 11.5 Å². The summed E-state index contributed by atoms with van der Waals surface area (Å²) in [4.78, 5) is 15.8. The van der Waals surface area contributed by atoms with E-state index in [1.165, 1.54) is 0 Å². The number of carbonyl (C=O) groups is 1. The van der Waals surface area contributed by atoms with Crippen LogP contribution in [0.1, 0.15) is 30.4 Å². The van der Waals surface area contributed by atoms with E-state index < -0.39 is 0 Å². The van der Waals surface area contributed by atoms with Gasteiger partial charge in [-0.15, -0.1) is 0 Å². The molecule has 7 nitrogen and oxygen atoms in total. The SMILES string of the molecule is COc1ccc(COc2ccc(NC(=O)C34CCN(CC3)CC4)cc2OCc2ccc(OC)cc2)cc1. The highest BCUT2D eigenvalue weighted by atomic mass is 16.5. The number of anilines is 1. The topological polar surface area (TPSA) is 69.3 Å². The maximum absolute atomic E-state index is 13.3. The van der Waals surface area contributed by atoms with Crippen LogP contribution in [0, 0.1) is 5.41 Å². The zero-order chi connectivity index (χ0) is 25.7. The molecule has 3 fully saturated rings. The molecule has 3 saturated heterocycles. The molecule has 0 aromatic heterocycles. The van der Waals surface area contributed by atoms with Gasteiger partial charge in [-0.1, -0.05) is 24.3 Å². The van der Waals surface area contributed by atoms with Crippen molar-refractivity contribution in [2.75, 3.05) is 39.2 Å². The molecule has 0 atom stereocenters. The van der Waals surface area contributed by atoms with Crippen molar-refractivity contribution in [3.05, 3.63) is 77.9 Å². The molecule has 0 radical (unpaired) electrons. The Labute approximate surface area is 218 Å². The second-order valence-corrected chi connectivity index (χ2v) is 9.76. The molecule has 0 aliphatic carbocycles. The number of amides is 1. The first-order chi connectivity index (χ1) is 18.1. The predicted octanol–water partition coefficient (Wildman–Crippen LogP) is 5.29. The number of nitrogens with one attached hydrogen (secondary N) is 1. The molecule has 37 heavy (non-hydrogen) atoms. The molecule has 2 bridgehead atoms. The van der Waals surface area contributed by atoms with Crippen LogP contribution in [0.2, 0.25) is 0 Å². The van der Waals surface area contributed by atoms with Crippen LogP contribution < -0.4 is 24.3 Å². The Kier molecular flexibility index (Phi) is 7.51. The minimum absolute atomic E-state index is 0.111. The largest absolute Gasteiger partial charge is 0.497 e. The molecule has 0 spiro atoms. The molecule has 3 aromatic rings. The quantitative estimate of drug-likeness (QED) is 0.407. The summed E-state index contributed by atoms with van der Waals surface area (Å²) in [6.07, 6.45) is 2.76. The number of benzene rings is 3. The molecule has 7 heteroatoms. The number of rotatable bonds is 10. The number of piperidine rings is 3. The number of fused-ring (bicyclic) bond motifs is 3. The lowest BCUT2D eigenvalue weighted by Gasteiger charge is -2.47. The van der Waals surface area contributed by atoms with E-state index >= 15 is 0 Å². The molecule has 3 heterocycles. The summed E-state index contributed by atoms with van der Waals surface area (Å²) in [5.41, 5.74) is 2.47. The summed E-state index contributed by atoms with van der Waals surface area (Å²) >= 11 is 0. The number of hydrogen-bond acceptors (Lipinski definition) is 6. The van der Waals surface area contributed by atoms with E-state index in [0.29, 0.717) is 30.4 Å². The molecule has 3 aliphatic rings. The molecule has 194 valence electrons. The summed E-state index contributed by atoms with van der Waals surface area (Å²) < 4.78 is 22.8. The van der Waals surface area contributed by atoms with Crippen molar-refractivity contribution in [3.63, 3.8) is 0 Å². The molecule has 6 rings (SSSR count). The Bertz CT molecular complexity index is 1190. The van der Waals surface area contributed by atoms with Crippen LogP contribution in [0.3, 0.4) is 0 Å². The van der Waals surface area contributed by atoms with Gasteiger partial charge in [-0.25, -0.2) is 0 Å². The third-order valence-corrected chi connectivity index (χ3v) is 7.51. The van der Waals surface area contributed by atoms with Gasteiger partial charge < -0.3 is 29.2 Å². The average Bonchev–Trinajstić information content (AvgIpc) is 2.97. The van der Waals surface area contributed by atoms with E-state index in [0.717, 1.165) is 61.5 Å². The minimum Gasteiger partial charge on any atom is -0.497 e. The van der Waals surface area contributed by atoms with E-state index in [9.17, 15) is 4.79 Å². The zero-order valence-corrected chi connectivity index (χ0v) is 21.5. The molecular formula is C30H34N2O5. The Morgan fingerprint density at radius 2 is 1.27 bits per heavy atom. The van der Waals surface area contributed by atoms with Crippen molar-refractivity contribution >= 4 is 11.6 Å². The first-order valence-corrected chi connectivity index (χ1v) is 12.8. The number of methoxy groups -OCH3 is 2. The smallest absolute Gasteiger partial charge is 0.230 e. The number of carbonyl (C=O) groups excluding carboxylic acids is 1. The van der Waals surface area contributed by atoms with Gasteiger partial charge in [0.25, 0.3) is 0 Å².